The zero-order chi connectivity index (χ0) is 14.8. The third-order valence-corrected chi connectivity index (χ3v) is 3.45. The summed E-state index contributed by atoms with van der Waals surface area (Å²) in [6.45, 7) is 9.19. The van der Waals surface area contributed by atoms with Gasteiger partial charge in [-0.1, -0.05) is 20.8 Å². The lowest BCUT2D eigenvalue weighted by Crippen LogP contribution is -2.17. The molecule has 0 fully saturated rings. The number of hydrogen-bond acceptors (Lipinski definition) is 5. The summed E-state index contributed by atoms with van der Waals surface area (Å²) < 4.78 is 0.902. The molecule has 1 N–H and O–H groups in total. The fraction of sp³-hybridized carbons (Fsp3) is 0.429. The first-order chi connectivity index (χ1) is 9.43. The summed E-state index contributed by atoms with van der Waals surface area (Å²) in [7, 11) is 0. The number of rotatable bonds is 3. The molecule has 0 bridgehead atoms. The van der Waals surface area contributed by atoms with Gasteiger partial charge in [-0.05, 0) is 22.9 Å². The smallest absolute Gasteiger partial charge is 0.182 e. The Morgan fingerprint density at radius 2 is 1.95 bits per heavy atom. The van der Waals surface area contributed by atoms with E-state index in [9.17, 15) is 0 Å². The summed E-state index contributed by atoms with van der Waals surface area (Å²) in [6, 6.07) is 0. The molecule has 2 rings (SSSR count). The Balaban J connectivity index is 2.62. The van der Waals surface area contributed by atoms with Crippen LogP contribution in [0.15, 0.2) is 23.1 Å². The minimum absolute atomic E-state index is 0.0943. The van der Waals surface area contributed by atoms with Crippen LogP contribution in [-0.4, -0.2) is 26.5 Å². The van der Waals surface area contributed by atoms with Gasteiger partial charge in [0.15, 0.2) is 5.82 Å². The van der Waals surface area contributed by atoms with E-state index in [2.05, 4.69) is 62.0 Å². The topological polar surface area (TPSA) is 63.6 Å². The summed E-state index contributed by atoms with van der Waals surface area (Å²) in [5, 5.41) is 3.25. The molecule has 2 aromatic rings. The van der Waals surface area contributed by atoms with Crippen molar-refractivity contribution < 1.29 is 0 Å². The average Bonchev–Trinajstić information content (AvgIpc) is 2.41. The zero-order valence-corrected chi connectivity index (χ0v) is 13.7. The lowest BCUT2D eigenvalue weighted by Gasteiger charge is -2.21. The second kappa shape index (κ2) is 5.83. The minimum Gasteiger partial charge on any atom is -0.369 e. The molecule has 0 aliphatic rings. The van der Waals surface area contributed by atoms with Gasteiger partial charge in [0.05, 0.1) is 16.4 Å². The highest BCUT2D eigenvalue weighted by Gasteiger charge is 2.23. The third kappa shape index (κ3) is 3.12. The Kier molecular flexibility index (Phi) is 4.32. The van der Waals surface area contributed by atoms with Gasteiger partial charge >= 0.3 is 0 Å². The molecule has 20 heavy (non-hydrogen) atoms. The van der Waals surface area contributed by atoms with Crippen molar-refractivity contribution >= 4 is 21.7 Å². The molecule has 106 valence electrons. The lowest BCUT2D eigenvalue weighted by atomic mass is 9.92. The fourth-order valence-electron chi connectivity index (χ4n) is 1.76. The van der Waals surface area contributed by atoms with Gasteiger partial charge < -0.3 is 5.32 Å². The molecule has 0 amide bonds. The van der Waals surface area contributed by atoms with Gasteiger partial charge in [-0.2, -0.15) is 0 Å². The standard InChI is InChI=1S/C14H18BrN5/c1-5-17-13-10(15)11(14(2,3)4)19-12(20-13)9-8-16-6-7-18-9/h6-8H,5H2,1-4H3,(H,17,19,20). The fourth-order valence-corrected chi connectivity index (χ4v) is 2.67. The average molecular weight is 336 g/mol. The van der Waals surface area contributed by atoms with E-state index in [0.29, 0.717) is 11.5 Å². The summed E-state index contributed by atoms with van der Waals surface area (Å²) in [4.78, 5) is 17.5. The highest BCUT2D eigenvalue weighted by atomic mass is 79.9. The van der Waals surface area contributed by atoms with E-state index < -0.39 is 0 Å². The molecule has 5 nitrogen and oxygen atoms in total. The van der Waals surface area contributed by atoms with Crippen LogP contribution in [-0.2, 0) is 5.41 Å². The van der Waals surface area contributed by atoms with Crippen LogP contribution in [0.2, 0.25) is 0 Å². The molecule has 0 unspecified atom stereocenters. The monoisotopic (exact) mass is 335 g/mol. The van der Waals surface area contributed by atoms with Crippen molar-refractivity contribution in [3.63, 3.8) is 0 Å². The van der Waals surface area contributed by atoms with Crippen molar-refractivity contribution in [1.29, 1.82) is 0 Å². The van der Waals surface area contributed by atoms with Crippen molar-refractivity contribution in [3.8, 4) is 11.5 Å². The van der Waals surface area contributed by atoms with Crippen molar-refractivity contribution in [2.24, 2.45) is 0 Å². The Morgan fingerprint density at radius 1 is 1.20 bits per heavy atom. The molecule has 0 aromatic carbocycles. The Labute approximate surface area is 127 Å². The van der Waals surface area contributed by atoms with Crippen molar-refractivity contribution in [2.75, 3.05) is 11.9 Å². The summed E-state index contributed by atoms with van der Waals surface area (Å²) in [6.07, 6.45) is 4.95. The van der Waals surface area contributed by atoms with E-state index in [4.69, 9.17) is 0 Å². The van der Waals surface area contributed by atoms with E-state index in [1.165, 1.54) is 0 Å². The maximum absolute atomic E-state index is 4.66. The third-order valence-electron chi connectivity index (χ3n) is 2.70. The Hall–Kier alpha value is -1.56. The van der Waals surface area contributed by atoms with E-state index in [1.807, 2.05) is 6.92 Å². The molecule has 0 radical (unpaired) electrons. The SMILES string of the molecule is CCNc1nc(-c2cnccn2)nc(C(C)(C)C)c1Br. The van der Waals surface area contributed by atoms with Crippen molar-refractivity contribution in [2.45, 2.75) is 33.1 Å². The van der Waals surface area contributed by atoms with Gasteiger partial charge in [0.1, 0.15) is 11.5 Å². The number of anilines is 1. The maximum Gasteiger partial charge on any atom is 0.182 e. The predicted molar refractivity (Wildman–Crippen MR) is 83.6 cm³/mol. The lowest BCUT2D eigenvalue weighted by molar-refractivity contribution is 0.564. The summed E-state index contributed by atoms with van der Waals surface area (Å²) in [5.74, 6) is 1.37. The highest BCUT2D eigenvalue weighted by Crippen LogP contribution is 2.33. The van der Waals surface area contributed by atoms with Crippen LogP contribution >= 0.6 is 15.9 Å². The molecule has 6 heteroatoms. The van der Waals surface area contributed by atoms with E-state index in [-0.39, 0.29) is 5.41 Å². The highest BCUT2D eigenvalue weighted by molar-refractivity contribution is 9.10. The van der Waals surface area contributed by atoms with E-state index in [0.717, 1.165) is 22.5 Å². The number of aromatic nitrogens is 4. The number of nitrogens with one attached hydrogen (secondary N) is 1. The van der Waals surface area contributed by atoms with Gasteiger partial charge in [-0.25, -0.2) is 15.0 Å². The second-order valence-electron chi connectivity index (χ2n) is 5.43. The van der Waals surface area contributed by atoms with Crippen molar-refractivity contribution in [1.82, 2.24) is 19.9 Å². The van der Waals surface area contributed by atoms with E-state index >= 15 is 0 Å². The molecule has 0 saturated heterocycles. The van der Waals surface area contributed by atoms with Crippen LogP contribution < -0.4 is 5.32 Å². The normalized spacial score (nSPS) is 11.4. The van der Waals surface area contributed by atoms with Gasteiger partial charge in [-0.15, -0.1) is 0 Å². The van der Waals surface area contributed by atoms with Gasteiger partial charge in [-0.3, -0.25) is 4.98 Å². The maximum atomic E-state index is 4.66. The van der Waals surface area contributed by atoms with Crippen LogP contribution in [0.1, 0.15) is 33.4 Å². The predicted octanol–water partition coefficient (Wildman–Crippen LogP) is 3.43. The first kappa shape index (κ1) is 14.8. The number of nitrogens with zero attached hydrogens (tertiary/aromatic N) is 4. The summed E-state index contributed by atoms with van der Waals surface area (Å²) in [5.41, 5.74) is 1.52. The molecular formula is C14H18BrN5. The summed E-state index contributed by atoms with van der Waals surface area (Å²) >= 11 is 3.60. The number of halogens is 1. The largest absolute Gasteiger partial charge is 0.369 e. The van der Waals surface area contributed by atoms with E-state index in [1.54, 1.807) is 18.6 Å². The molecule has 0 aliphatic heterocycles. The number of hydrogen-bond donors (Lipinski definition) is 1. The van der Waals surface area contributed by atoms with Crippen LogP contribution in [0.3, 0.4) is 0 Å². The first-order valence-electron chi connectivity index (χ1n) is 6.51. The first-order valence-corrected chi connectivity index (χ1v) is 7.31. The van der Waals surface area contributed by atoms with Crippen molar-refractivity contribution in [3.05, 3.63) is 28.8 Å². The van der Waals surface area contributed by atoms with Crippen LogP contribution in [0.25, 0.3) is 11.5 Å². The van der Waals surface area contributed by atoms with Gasteiger partial charge in [0.2, 0.25) is 0 Å². The molecule has 0 atom stereocenters. The van der Waals surface area contributed by atoms with Crippen LogP contribution in [0.5, 0.6) is 0 Å². The second-order valence-corrected chi connectivity index (χ2v) is 6.22. The Morgan fingerprint density at radius 3 is 2.50 bits per heavy atom. The molecule has 2 heterocycles. The van der Waals surface area contributed by atoms with Crippen LogP contribution in [0, 0.1) is 0 Å². The quantitative estimate of drug-likeness (QED) is 0.930. The Bertz CT molecular complexity index is 593. The molecular weight excluding hydrogens is 318 g/mol. The molecule has 0 spiro atoms. The molecule has 0 saturated carbocycles. The van der Waals surface area contributed by atoms with Gasteiger partial charge in [0, 0.05) is 24.4 Å². The zero-order valence-electron chi connectivity index (χ0n) is 12.1. The van der Waals surface area contributed by atoms with Gasteiger partial charge in [0.25, 0.3) is 0 Å². The molecule has 2 aromatic heterocycles. The van der Waals surface area contributed by atoms with Crippen LogP contribution in [0.4, 0.5) is 5.82 Å². The molecule has 0 aliphatic carbocycles. The minimum atomic E-state index is -0.0943.